The fourth-order valence-electron chi connectivity index (χ4n) is 5.29. The topological polar surface area (TPSA) is 123 Å². The molecule has 0 amide bonds. The van der Waals surface area contributed by atoms with Crippen molar-refractivity contribution >= 4 is 5.97 Å². The van der Waals surface area contributed by atoms with Gasteiger partial charge in [-0.3, -0.25) is 14.6 Å². The van der Waals surface area contributed by atoms with Gasteiger partial charge in [-0.25, -0.2) is 9.97 Å². The van der Waals surface area contributed by atoms with Crippen LogP contribution in [0.3, 0.4) is 0 Å². The predicted molar refractivity (Wildman–Crippen MR) is 172 cm³/mol. The Morgan fingerprint density at radius 3 is 2.11 bits per heavy atom. The molecule has 1 atom stereocenters. The second kappa shape index (κ2) is 20.8. The average Bonchev–Trinajstić information content (AvgIpc) is 3.75. The van der Waals surface area contributed by atoms with Crippen molar-refractivity contribution in [2.45, 2.75) is 72.1 Å². The van der Waals surface area contributed by atoms with Gasteiger partial charge in [0.25, 0.3) is 0 Å². The number of aliphatic hydroxyl groups excluding tert-OH is 1. The van der Waals surface area contributed by atoms with E-state index >= 15 is 0 Å². The van der Waals surface area contributed by atoms with Gasteiger partial charge in [0, 0.05) is 37.9 Å². The number of hydrogen-bond donors (Lipinski definition) is 3. The molecule has 3 aromatic rings. The number of hydrogen-bond acceptors (Lipinski definition) is 9. The van der Waals surface area contributed by atoms with Crippen molar-refractivity contribution in [3.05, 3.63) is 71.8 Å². The maximum Gasteiger partial charge on any atom is 0.320 e. The summed E-state index contributed by atoms with van der Waals surface area (Å²) in [5.41, 5.74) is 2.35. The molecular weight excluding hydrogens is 558 g/mol. The molecule has 0 aliphatic carbocycles. The molecule has 0 bridgehead atoms. The minimum atomic E-state index is -0.256. The van der Waals surface area contributed by atoms with Crippen molar-refractivity contribution in [3.63, 3.8) is 0 Å². The highest BCUT2D eigenvalue weighted by Crippen LogP contribution is 2.22. The largest absolute Gasteiger partial charge is 0.462 e. The van der Waals surface area contributed by atoms with Gasteiger partial charge in [-0.15, -0.1) is 0 Å². The van der Waals surface area contributed by atoms with Gasteiger partial charge in [0.15, 0.2) is 0 Å². The molecule has 0 radical (unpaired) electrons. The highest BCUT2D eigenvalue weighted by Gasteiger charge is 2.20. The first-order valence-electron chi connectivity index (χ1n) is 16.1. The lowest BCUT2D eigenvalue weighted by Crippen LogP contribution is -2.33. The van der Waals surface area contributed by atoms with Crippen molar-refractivity contribution in [2.75, 3.05) is 59.2 Å². The van der Waals surface area contributed by atoms with Crippen LogP contribution < -0.4 is 0 Å². The van der Waals surface area contributed by atoms with E-state index < -0.39 is 0 Å². The molecule has 0 fully saturated rings. The first-order chi connectivity index (χ1) is 21.5. The molecule has 0 spiro atoms. The van der Waals surface area contributed by atoms with E-state index in [2.05, 4.69) is 79.7 Å². The second-order valence-corrected chi connectivity index (χ2v) is 11.2. The number of benzene rings is 1. The number of aromatic nitrogens is 4. The van der Waals surface area contributed by atoms with E-state index in [1.807, 2.05) is 12.4 Å². The van der Waals surface area contributed by atoms with E-state index in [4.69, 9.17) is 14.6 Å². The number of ether oxygens (including phenoxy) is 2. The third kappa shape index (κ3) is 13.3. The molecule has 3 N–H and O–H groups in total. The number of aromatic amines is 2. The number of carbonyl (C=O) groups excluding carboxylic acids is 1. The van der Waals surface area contributed by atoms with Crippen LogP contribution in [0.1, 0.15) is 75.3 Å². The maximum atomic E-state index is 12.7. The molecule has 1 aromatic carbocycles. The van der Waals surface area contributed by atoms with E-state index in [0.29, 0.717) is 13.1 Å². The molecule has 0 saturated carbocycles. The quantitative estimate of drug-likeness (QED) is 0.101. The van der Waals surface area contributed by atoms with E-state index in [9.17, 15) is 4.79 Å². The number of nitrogens with zero attached hydrogens (tertiary/aromatic N) is 5. The van der Waals surface area contributed by atoms with Gasteiger partial charge >= 0.3 is 5.97 Å². The van der Waals surface area contributed by atoms with Crippen LogP contribution in [0, 0.1) is 0 Å². The molecule has 244 valence electrons. The van der Waals surface area contributed by atoms with Gasteiger partial charge in [0.1, 0.15) is 18.3 Å². The van der Waals surface area contributed by atoms with Gasteiger partial charge < -0.3 is 29.4 Å². The first kappa shape index (κ1) is 35.4. The minimum Gasteiger partial charge on any atom is -0.462 e. The second-order valence-electron chi connectivity index (χ2n) is 11.2. The third-order valence-corrected chi connectivity index (χ3v) is 7.54. The van der Waals surface area contributed by atoms with Gasteiger partial charge in [-0.1, -0.05) is 38.1 Å². The van der Waals surface area contributed by atoms with Crippen LogP contribution in [0.2, 0.25) is 0 Å². The van der Waals surface area contributed by atoms with Crippen LogP contribution >= 0.6 is 0 Å². The molecule has 44 heavy (non-hydrogen) atoms. The lowest BCUT2D eigenvalue weighted by atomic mass is 10.1. The standard InChI is InChI=1S/C33H53N7O4/c1-4-16-38(17-5-2)18-6-7-19-39(27-32(42)44-23-22-43-21-20-41)24-29-8-10-30(11-9-29)25-40(26-31-34-12-13-35-31)28(3)33-36-14-15-37-33/h8-15,28,41H,4-7,16-27H2,1-3H3,(H,34,35)(H,36,37). The summed E-state index contributed by atoms with van der Waals surface area (Å²) in [6.45, 7) is 13.8. The average molecular weight is 612 g/mol. The van der Waals surface area contributed by atoms with Crippen LogP contribution in [0.25, 0.3) is 0 Å². The molecule has 11 heteroatoms. The van der Waals surface area contributed by atoms with E-state index in [1.165, 1.54) is 18.4 Å². The number of carbonyl (C=O) groups is 1. The molecule has 1 unspecified atom stereocenters. The summed E-state index contributed by atoms with van der Waals surface area (Å²) < 4.78 is 10.6. The highest BCUT2D eigenvalue weighted by atomic mass is 16.6. The molecule has 11 nitrogen and oxygen atoms in total. The Balaban J connectivity index is 1.60. The molecule has 2 heterocycles. The normalized spacial score (nSPS) is 12.4. The van der Waals surface area contributed by atoms with Crippen molar-refractivity contribution < 1.29 is 19.4 Å². The SMILES string of the molecule is CCCN(CCC)CCCCN(CC(=O)OCCOCCO)Cc1ccc(CN(Cc2ncc[nH]2)C(C)c2ncc[nH]2)cc1. The summed E-state index contributed by atoms with van der Waals surface area (Å²) in [5, 5.41) is 8.85. The Labute approximate surface area is 263 Å². The van der Waals surface area contributed by atoms with Crippen molar-refractivity contribution in [2.24, 2.45) is 0 Å². The Hall–Kier alpha value is -3.09. The maximum absolute atomic E-state index is 12.7. The molecule has 3 rings (SSSR count). The van der Waals surface area contributed by atoms with Gasteiger partial charge in [0.2, 0.25) is 0 Å². The summed E-state index contributed by atoms with van der Waals surface area (Å²) in [4.78, 5) is 35.1. The lowest BCUT2D eigenvalue weighted by molar-refractivity contribution is -0.146. The highest BCUT2D eigenvalue weighted by molar-refractivity contribution is 5.71. The summed E-state index contributed by atoms with van der Waals surface area (Å²) in [6, 6.07) is 8.73. The Kier molecular flexibility index (Phi) is 16.7. The summed E-state index contributed by atoms with van der Waals surface area (Å²) in [5.74, 6) is 1.58. The Morgan fingerprint density at radius 1 is 0.841 bits per heavy atom. The predicted octanol–water partition coefficient (Wildman–Crippen LogP) is 4.15. The minimum absolute atomic E-state index is 0.0422. The third-order valence-electron chi connectivity index (χ3n) is 7.54. The number of imidazole rings is 2. The van der Waals surface area contributed by atoms with E-state index in [0.717, 1.165) is 62.8 Å². The summed E-state index contributed by atoms with van der Waals surface area (Å²) in [6.07, 6.45) is 11.7. The monoisotopic (exact) mass is 611 g/mol. The Bertz CT molecular complexity index is 1120. The summed E-state index contributed by atoms with van der Waals surface area (Å²) in [7, 11) is 0. The van der Waals surface area contributed by atoms with Crippen LogP contribution in [0.15, 0.2) is 49.1 Å². The van der Waals surface area contributed by atoms with Crippen LogP contribution in [0.4, 0.5) is 0 Å². The van der Waals surface area contributed by atoms with E-state index in [1.54, 1.807) is 12.4 Å². The molecule has 0 aliphatic heterocycles. The molecule has 0 aliphatic rings. The number of nitrogens with one attached hydrogen (secondary N) is 2. The van der Waals surface area contributed by atoms with E-state index in [-0.39, 0.29) is 45.0 Å². The molecular formula is C33H53N7O4. The fourth-order valence-corrected chi connectivity index (χ4v) is 5.29. The fraction of sp³-hybridized carbons (Fsp3) is 0.606. The van der Waals surface area contributed by atoms with Gasteiger partial charge in [-0.05, 0) is 69.9 Å². The zero-order valence-electron chi connectivity index (χ0n) is 26.9. The smallest absolute Gasteiger partial charge is 0.320 e. The summed E-state index contributed by atoms with van der Waals surface area (Å²) >= 11 is 0. The van der Waals surface area contributed by atoms with Gasteiger partial charge in [-0.2, -0.15) is 0 Å². The van der Waals surface area contributed by atoms with Crippen LogP contribution in [-0.4, -0.2) is 105 Å². The van der Waals surface area contributed by atoms with Crippen molar-refractivity contribution in [3.8, 4) is 0 Å². The zero-order valence-corrected chi connectivity index (χ0v) is 26.9. The van der Waals surface area contributed by atoms with Crippen LogP contribution in [-0.2, 0) is 33.9 Å². The number of unbranched alkanes of at least 4 members (excludes halogenated alkanes) is 1. The number of rotatable bonds is 24. The number of esters is 1. The first-order valence-corrected chi connectivity index (χ1v) is 16.1. The van der Waals surface area contributed by atoms with Crippen molar-refractivity contribution in [1.29, 1.82) is 0 Å². The van der Waals surface area contributed by atoms with Gasteiger partial charge in [0.05, 0.1) is 39.0 Å². The number of H-pyrrole nitrogens is 2. The zero-order chi connectivity index (χ0) is 31.4. The van der Waals surface area contributed by atoms with Crippen LogP contribution in [0.5, 0.6) is 0 Å². The van der Waals surface area contributed by atoms with Crippen molar-refractivity contribution in [1.82, 2.24) is 34.6 Å². The Morgan fingerprint density at radius 2 is 1.50 bits per heavy atom. The lowest BCUT2D eigenvalue weighted by Gasteiger charge is -2.27. The number of aliphatic hydroxyl groups is 1. The molecule has 2 aromatic heterocycles. The molecule has 0 saturated heterocycles.